The first-order valence-corrected chi connectivity index (χ1v) is 9.28. The van der Waals surface area contributed by atoms with E-state index in [2.05, 4.69) is 32.8 Å². The molecule has 1 aromatic carbocycles. The van der Waals surface area contributed by atoms with Crippen molar-refractivity contribution in [1.82, 2.24) is 25.2 Å². The van der Waals surface area contributed by atoms with Gasteiger partial charge in [0.25, 0.3) is 5.91 Å². The molecule has 1 fully saturated rings. The molecule has 0 aliphatic carbocycles. The number of aryl methyl sites for hydroxylation is 2. The molecule has 3 aromatic rings. The first-order valence-electron chi connectivity index (χ1n) is 9.28. The summed E-state index contributed by atoms with van der Waals surface area (Å²) in [6.45, 7) is 3.77. The fraction of sp³-hybridized carbons (Fsp3) is 0.368. The van der Waals surface area contributed by atoms with Crippen LogP contribution in [0.4, 0.5) is 5.82 Å². The van der Waals surface area contributed by atoms with Gasteiger partial charge in [-0.25, -0.2) is 0 Å². The summed E-state index contributed by atoms with van der Waals surface area (Å²) >= 11 is 0. The van der Waals surface area contributed by atoms with Crippen LogP contribution in [-0.4, -0.2) is 52.1 Å². The van der Waals surface area contributed by atoms with Gasteiger partial charge in [-0.2, -0.15) is 0 Å². The average Bonchev–Trinajstić information content (AvgIpc) is 3.42. The van der Waals surface area contributed by atoms with E-state index in [4.69, 9.17) is 9.26 Å². The van der Waals surface area contributed by atoms with Crippen LogP contribution in [0.15, 0.2) is 47.2 Å². The minimum absolute atomic E-state index is 0.178. The number of ether oxygens (including phenoxy) is 1. The molecule has 1 saturated heterocycles. The summed E-state index contributed by atoms with van der Waals surface area (Å²) in [5, 5.41) is 14.9. The van der Waals surface area contributed by atoms with E-state index in [0.29, 0.717) is 24.9 Å². The lowest BCUT2D eigenvalue weighted by molar-refractivity contribution is 0.0912. The van der Waals surface area contributed by atoms with Crippen molar-refractivity contribution in [2.24, 2.45) is 0 Å². The SMILES string of the molecule is O=C(NCc1nncn1CCc1ccccc1)c1cc(N2CCOCC2)no1. The van der Waals surface area contributed by atoms with E-state index in [0.717, 1.165) is 26.1 Å². The number of anilines is 1. The number of hydrogen-bond donors (Lipinski definition) is 1. The Morgan fingerprint density at radius 1 is 1.18 bits per heavy atom. The number of nitrogens with zero attached hydrogens (tertiary/aromatic N) is 5. The lowest BCUT2D eigenvalue weighted by Crippen LogP contribution is -2.36. The number of nitrogens with one attached hydrogen (secondary N) is 1. The average molecular weight is 382 g/mol. The van der Waals surface area contributed by atoms with Crippen LogP contribution >= 0.6 is 0 Å². The van der Waals surface area contributed by atoms with Crippen molar-refractivity contribution in [1.29, 1.82) is 0 Å². The summed E-state index contributed by atoms with van der Waals surface area (Å²) in [7, 11) is 0. The number of carbonyl (C=O) groups is 1. The molecule has 0 unspecified atom stereocenters. The molecule has 0 spiro atoms. The maximum atomic E-state index is 12.4. The highest BCUT2D eigenvalue weighted by Crippen LogP contribution is 2.16. The fourth-order valence-electron chi connectivity index (χ4n) is 3.06. The van der Waals surface area contributed by atoms with E-state index in [1.807, 2.05) is 27.7 Å². The zero-order valence-corrected chi connectivity index (χ0v) is 15.5. The first-order chi connectivity index (χ1) is 13.8. The Morgan fingerprint density at radius 2 is 2.00 bits per heavy atom. The van der Waals surface area contributed by atoms with Crippen LogP contribution in [0.5, 0.6) is 0 Å². The minimum Gasteiger partial charge on any atom is -0.378 e. The molecule has 1 amide bonds. The Hall–Kier alpha value is -3.20. The van der Waals surface area contributed by atoms with Gasteiger partial charge in [0.2, 0.25) is 5.76 Å². The van der Waals surface area contributed by atoms with Crippen LogP contribution in [0.2, 0.25) is 0 Å². The zero-order valence-electron chi connectivity index (χ0n) is 15.5. The highest BCUT2D eigenvalue weighted by atomic mass is 16.5. The maximum Gasteiger partial charge on any atom is 0.290 e. The lowest BCUT2D eigenvalue weighted by Gasteiger charge is -2.25. The molecule has 9 nitrogen and oxygen atoms in total. The fourth-order valence-corrected chi connectivity index (χ4v) is 3.06. The molecule has 3 heterocycles. The molecule has 1 aliphatic heterocycles. The molecule has 9 heteroatoms. The van der Waals surface area contributed by atoms with Crippen molar-refractivity contribution in [2.45, 2.75) is 19.5 Å². The molecule has 1 aliphatic rings. The lowest BCUT2D eigenvalue weighted by atomic mass is 10.1. The second-order valence-electron chi connectivity index (χ2n) is 6.51. The smallest absolute Gasteiger partial charge is 0.290 e. The van der Waals surface area contributed by atoms with E-state index < -0.39 is 0 Å². The van der Waals surface area contributed by atoms with Gasteiger partial charge in [-0.3, -0.25) is 4.79 Å². The summed E-state index contributed by atoms with van der Waals surface area (Å²) in [5.74, 6) is 1.19. The molecule has 0 saturated carbocycles. The van der Waals surface area contributed by atoms with Crippen molar-refractivity contribution in [3.63, 3.8) is 0 Å². The highest BCUT2D eigenvalue weighted by molar-refractivity contribution is 5.91. The van der Waals surface area contributed by atoms with Gasteiger partial charge in [0.1, 0.15) is 6.33 Å². The largest absolute Gasteiger partial charge is 0.378 e. The summed E-state index contributed by atoms with van der Waals surface area (Å²) < 4.78 is 12.5. The standard InChI is InChI=1S/C19H22N6O3/c26-19(16-12-17(23-28-16)24-8-10-27-11-9-24)20-13-18-22-21-14-25(18)7-6-15-4-2-1-3-5-15/h1-5,12,14H,6-11,13H2,(H,20,26). The van der Waals surface area contributed by atoms with E-state index in [1.165, 1.54) is 5.56 Å². The summed E-state index contributed by atoms with van der Waals surface area (Å²) in [6.07, 6.45) is 2.54. The van der Waals surface area contributed by atoms with Gasteiger partial charge in [0.15, 0.2) is 11.6 Å². The van der Waals surface area contributed by atoms with Crippen LogP contribution in [0, 0.1) is 0 Å². The Bertz CT molecular complexity index is 901. The van der Waals surface area contributed by atoms with Crippen molar-refractivity contribution in [2.75, 3.05) is 31.2 Å². The number of carbonyl (C=O) groups excluding carboxylic acids is 1. The topological polar surface area (TPSA) is 98.3 Å². The Balaban J connectivity index is 1.31. The summed E-state index contributed by atoms with van der Waals surface area (Å²) in [4.78, 5) is 14.4. The van der Waals surface area contributed by atoms with Gasteiger partial charge >= 0.3 is 0 Å². The quantitative estimate of drug-likeness (QED) is 0.657. The van der Waals surface area contributed by atoms with Crippen LogP contribution in [-0.2, 0) is 24.2 Å². The maximum absolute atomic E-state index is 12.4. The minimum atomic E-state index is -0.329. The van der Waals surface area contributed by atoms with E-state index >= 15 is 0 Å². The molecule has 28 heavy (non-hydrogen) atoms. The van der Waals surface area contributed by atoms with Crippen LogP contribution < -0.4 is 10.2 Å². The second-order valence-corrected chi connectivity index (χ2v) is 6.51. The molecular formula is C19H22N6O3. The molecule has 0 atom stereocenters. The molecule has 2 aromatic heterocycles. The number of aromatic nitrogens is 4. The molecular weight excluding hydrogens is 360 g/mol. The number of hydrogen-bond acceptors (Lipinski definition) is 7. The third kappa shape index (κ3) is 4.37. The van der Waals surface area contributed by atoms with E-state index in [1.54, 1.807) is 12.4 Å². The summed E-state index contributed by atoms with van der Waals surface area (Å²) in [5.41, 5.74) is 1.24. The summed E-state index contributed by atoms with van der Waals surface area (Å²) in [6, 6.07) is 11.9. The van der Waals surface area contributed by atoms with Crippen LogP contribution in [0.25, 0.3) is 0 Å². The third-order valence-corrected chi connectivity index (χ3v) is 4.64. The molecule has 4 rings (SSSR count). The van der Waals surface area contributed by atoms with Gasteiger partial charge in [0.05, 0.1) is 19.8 Å². The van der Waals surface area contributed by atoms with Crippen molar-refractivity contribution >= 4 is 11.7 Å². The Labute approximate surface area is 162 Å². The van der Waals surface area contributed by atoms with Crippen molar-refractivity contribution in [3.8, 4) is 0 Å². The van der Waals surface area contributed by atoms with E-state index in [9.17, 15) is 4.79 Å². The van der Waals surface area contributed by atoms with Gasteiger partial charge in [-0.15, -0.1) is 10.2 Å². The highest BCUT2D eigenvalue weighted by Gasteiger charge is 2.19. The number of rotatable bonds is 7. The van der Waals surface area contributed by atoms with Gasteiger partial charge in [0, 0.05) is 25.7 Å². The Kier molecular flexibility index (Phi) is 5.62. The number of amides is 1. The third-order valence-electron chi connectivity index (χ3n) is 4.64. The molecule has 0 bridgehead atoms. The first kappa shape index (κ1) is 18.2. The van der Waals surface area contributed by atoms with Gasteiger partial charge in [-0.05, 0) is 12.0 Å². The number of benzene rings is 1. The molecule has 0 radical (unpaired) electrons. The van der Waals surface area contributed by atoms with Crippen molar-refractivity contribution in [3.05, 3.63) is 59.9 Å². The molecule has 1 N–H and O–H groups in total. The van der Waals surface area contributed by atoms with Crippen LogP contribution in [0.1, 0.15) is 21.9 Å². The van der Waals surface area contributed by atoms with Gasteiger partial charge < -0.3 is 24.0 Å². The predicted octanol–water partition coefficient (Wildman–Crippen LogP) is 1.28. The predicted molar refractivity (Wildman–Crippen MR) is 101 cm³/mol. The zero-order chi connectivity index (χ0) is 19.2. The normalized spacial score (nSPS) is 14.2. The van der Waals surface area contributed by atoms with Gasteiger partial charge in [-0.1, -0.05) is 35.5 Å². The van der Waals surface area contributed by atoms with Crippen molar-refractivity contribution < 1.29 is 14.1 Å². The van der Waals surface area contributed by atoms with Crippen LogP contribution in [0.3, 0.4) is 0 Å². The monoisotopic (exact) mass is 382 g/mol. The number of morpholine rings is 1. The van der Waals surface area contributed by atoms with E-state index in [-0.39, 0.29) is 18.2 Å². The molecule has 146 valence electrons. The second kappa shape index (κ2) is 8.66. The Morgan fingerprint density at radius 3 is 2.82 bits per heavy atom.